The van der Waals surface area contributed by atoms with Gasteiger partial charge in [0, 0.05) is 42.2 Å². The van der Waals surface area contributed by atoms with E-state index in [1.165, 1.54) is 12.4 Å². The summed E-state index contributed by atoms with van der Waals surface area (Å²) in [5.74, 6) is 2.17. The molecule has 0 spiro atoms. The van der Waals surface area contributed by atoms with E-state index in [2.05, 4.69) is 34.1 Å². The van der Waals surface area contributed by atoms with E-state index in [0.29, 0.717) is 29.3 Å². The Hall–Kier alpha value is -3.87. The molecule has 0 aliphatic heterocycles. The molecule has 5 N–H and O–H groups in total. The fourth-order valence-corrected chi connectivity index (χ4v) is 2.89. The fraction of sp³-hybridized carbons (Fsp3) is 0.174. The molecule has 7 heteroatoms. The number of anilines is 1. The number of fused-ring (bicyclic) bond motifs is 1. The molecular weight excluding hydrogens is 376 g/mol. The van der Waals surface area contributed by atoms with Gasteiger partial charge in [0.15, 0.2) is 0 Å². The van der Waals surface area contributed by atoms with Crippen molar-refractivity contribution in [1.29, 1.82) is 5.41 Å². The van der Waals surface area contributed by atoms with Gasteiger partial charge in [-0.2, -0.15) is 0 Å². The van der Waals surface area contributed by atoms with Crippen molar-refractivity contribution in [3.63, 3.8) is 0 Å². The van der Waals surface area contributed by atoms with Crippen LogP contribution in [0.1, 0.15) is 18.9 Å². The van der Waals surface area contributed by atoms with E-state index < -0.39 is 0 Å². The summed E-state index contributed by atoms with van der Waals surface area (Å²) >= 11 is 0. The Morgan fingerprint density at radius 3 is 2.77 bits per heavy atom. The molecule has 30 heavy (non-hydrogen) atoms. The van der Waals surface area contributed by atoms with Gasteiger partial charge in [-0.1, -0.05) is 24.8 Å². The van der Waals surface area contributed by atoms with Gasteiger partial charge >= 0.3 is 0 Å². The van der Waals surface area contributed by atoms with Gasteiger partial charge in [0.05, 0.1) is 23.5 Å². The summed E-state index contributed by atoms with van der Waals surface area (Å²) in [6, 6.07) is 15.5. The standard InChI is InChI=1S/C23H26N6O/c1-16(10-11-30-20-6-4-3-5-7-20)27-17(2)28-23-9-8-21-22(29-23)12-18(15-26-21)19(13-24)14-25/h3-9,12-16,24,27H,2,10-11,25H2,1H3,(H,28,29)/b19-14+,24-13?. The van der Waals surface area contributed by atoms with Crippen molar-refractivity contribution in [3.05, 3.63) is 78.9 Å². The number of hydrogen-bond donors (Lipinski definition) is 4. The second-order valence-electron chi connectivity index (χ2n) is 6.82. The zero-order chi connectivity index (χ0) is 21.3. The van der Waals surface area contributed by atoms with E-state index in [9.17, 15) is 0 Å². The Morgan fingerprint density at radius 1 is 1.23 bits per heavy atom. The van der Waals surface area contributed by atoms with Gasteiger partial charge in [-0.15, -0.1) is 0 Å². The number of aromatic nitrogens is 2. The molecule has 0 saturated carbocycles. The summed E-state index contributed by atoms with van der Waals surface area (Å²) in [7, 11) is 0. The van der Waals surface area contributed by atoms with Gasteiger partial charge in [0.25, 0.3) is 0 Å². The van der Waals surface area contributed by atoms with Crippen LogP contribution in [0.5, 0.6) is 5.75 Å². The minimum atomic E-state index is 0.173. The lowest BCUT2D eigenvalue weighted by atomic mass is 10.1. The highest BCUT2D eigenvalue weighted by molar-refractivity contribution is 6.08. The van der Waals surface area contributed by atoms with E-state index in [1.54, 1.807) is 6.20 Å². The number of nitrogens with two attached hydrogens (primary N) is 1. The minimum absolute atomic E-state index is 0.173. The Balaban J connectivity index is 1.56. The highest BCUT2D eigenvalue weighted by Gasteiger charge is 2.07. The summed E-state index contributed by atoms with van der Waals surface area (Å²) in [5, 5.41) is 13.9. The molecule has 3 aromatic rings. The highest BCUT2D eigenvalue weighted by Crippen LogP contribution is 2.19. The molecule has 0 amide bonds. The van der Waals surface area contributed by atoms with Crippen LogP contribution in [0.2, 0.25) is 0 Å². The normalized spacial score (nSPS) is 12.2. The smallest absolute Gasteiger partial charge is 0.132 e. The highest BCUT2D eigenvalue weighted by atomic mass is 16.5. The van der Waals surface area contributed by atoms with Crippen molar-refractivity contribution in [2.24, 2.45) is 5.73 Å². The van der Waals surface area contributed by atoms with E-state index in [-0.39, 0.29) is 6.04 Å². The van der Waals surface area contributed by atoms with Crippen LogP contribution in [-0.2, 0) is 0 Å². The number of nitrogens with zero attached hydrogens (tertiary/aromatic N) is 2. The molecular formula is C23H26N6O. The maximum atomic E-state index is 7.44. The maximum absolute atomic E-state index is 7.44. The lowest BCUT2D eigenvalue weighted by Gasteiger charge is -2.18. The molecule has 3 rings (SSSR count). The van der Waals surface area contributed by atoms with Crippen molar-refractivity contribution in [2.75, 3.05) is 11.9 Å². The van der Waals surface area contributed by atoms with Crippen molar-refractivity contribution >= 4 is 28.6 Å². The summed E-state index contributed by atoms with van der Waals surface area (Å²) in [5.41, 5.74) is 8.36. The lowest BCUT2D eigenvalue weighted by Crippen LogP contribution is -2.30. The third-order valence-corrected chi connectivity index (χ3v) is 4.47. The average Bonchev–Trinajstić information content (AvgIpc) is 2.75. The maximum Gasteiger partial charge on any atom is 0.132 e. The van der Waals surface area contributed by atoms with Crippen LogP contribution in [0, 0.1) is 5.41 Å². The number of allylic oxidation sites excluding steroid dienone is 1. The molecule has 1 atom stereocenters. The Morgan fingerprint density at radius 2 is 2.03 bits per heavy atom. The van der Waals surface area contributed by atoms with Gasteiger partial charge in [-0.05, 0) is 37.3 Å². The molecule has 2 aromatic heterocycles. The first kappa shape index (κ1) is 20.9. The molecule has 1 aromatic carbocycles. The van der Waals surface area contributed by atoms with Crippen LogP contribution in [-0.4, -0.2) is 28.8 Å². The molecule has 0 saturated heterocycles. The van der Waals surface area contributed by atoms with Crippen molar-refractivity contribution in [2.45, 2.75) is 19.4 Å². The molecule has 0 radical (unpaired) electrons. The Kier molecular flexibility index (Phi) is 7.00. The number of hydrogen-bond acceptors (Lipinski definition) is 7. The predicted octanol–water partition coefficient (Wildman–Crippen LogP) is 3.91. The first-order valence-electron chi connectivity index (χ1n) is 9.69. The quantitative estimate of drug-likeness (QED) is 0.383. The zero-order valence-corrected chi connectivity index (χ0v) is 16.9. The van der Waals surface area contributed by atoms with E-state index in [0.717, 1.165) is 23.3 Å². The van der Waals surface area contributed by atoms with Crippen LogP contribution >= 0.6 is 0 Å². The summed E-state index contributed by atoms with van der Waals surface area (Å²) in [4.78, 5) is 8.98. The van der Waals surface area contributed by atoms with Crippen LogP contribution in [0.3, 0.4) is 0 Å². The second kappa shape index (κ2) is 10.1. The number of rotatable bonds is 10. The van der Waals surface area contributed by atoms with Gasteiger partial charge in [-0.3, -0.25) is 4.98 Å². The Bertz CT molecular complexity index is 1050. The van der Waals surface area contributed by atoms with Crippen LogP contribution in [0.15, 0.2) is 73.3 Å². The molecule has 154 valence electrons. The predicted molar refractivity (Wildman–Crippen MR) is 122 cm³/mol. The molecule has 2 heterocycles. The van der Waals surface area contributed by atoms with E-state index >= 15 is 0 Å². The molecule has 7 nitrogen and oxygen atoms in total. The van der Waals surface area contributed by atoms with E-state index in [1.807, 2.05) is 48.5 Å². The van der Waals surface area contributed by atoms with Crippen LogP contribution < -0.4 is 21.1 Å². The topological polar surface area (TPSA) is 109 Å². The Labute approximate surface area is 176 Å². The molecule has 0 aliphatic carbocycles. The summed E-state index contributed by atoms with van der Waals surface area (Å²) < 4.78 is 5.73. The second-order valence-corrected chi connectivity index (χ2v) is 6.82. The third kappa shape index (κ3) is 5.57. The molecule has 0 aliphatic rings. The summed E-state index contributed by atoms with van der Waals surface area (Å²) in [6.45, 7) is 6.72. The largest absolute Gasteiger partial charge is 0.494 e. The number of ether oxygens (including phenoxy) is 1. The first-order chi connectivity index (χ1) is 14.6. The number of nitrogens with one attached hydrogen (secondary N) is 3. The minimum Gasteiger partial charge on any atom is -0.494 e. The SMILES string of the molecule is C=C(Nc1ccc2ncc(/C(C=N)=C/N)cc2n1)NC(C)CCOc1ccccc1. The van der Waals surface area contributed by atoms with Gasteiger partial charge in [0.2, 0.25) is 0 Å². The van der Waals surface area contributed by atoms with Gasteiger partial charge in [-0.25, -0.2) is 4.98 Å². The monoisotopic (exact) mass is 402 g/mol. The zero-order valence-electron chi connectivity index (χ0n) is 16.9. The van der Waals surface area contributed by atoms with Crippen LogP contribution in [0.4, 0.5) is 5.82 Å². The number of pyridine rings is 2. The summed E-state index contributed by atoms with van der Waals surface area (Å²) in [6.07, 6.45) is 5.08. The fourth-order valence-electron chi connectivity index (χ4n) is 2.89. The third-order valence-electron chi connectivity index (χ3n) is 4.47. The molecule has 0 bridgehead atoms. The van der Waals surface area contributed by atoms with Gasteiger partial charge < -0.3 is 26.5 Å². The molecule has 0 fully saturated rings. The van der Waals surface area contributed by atoms with Gasteiger partial charge in [0.1, 0.15) is 11.6 Å². The van der Waals surface area contributed by atoms with Crippen molar-refractivity contribution in [1.82, 2.24) is 15.3 Å². The average molecular weight is 403 g/mol. The first-order valence-corrected chi connectivity index (χ1v) is 9.69. The number of para-hydroxylation sites is 1. The lowest BCUT2D eigenvalue weighted by molar-refractivity contribution is 0.294. The number of benzene rings is 1. The molecule has 1 unspecified atom stereocenters. The van der Waals surface area contributed by atoms with E-state index in [4.69, 9.17) is 15.9 Å². The van der Waals surface area contributed by atoms with Crippen LogP contribution in [0.25, 0.3) is 16.6 Å². The van der Waals surface area contributed by atoms with Crippen molar-refractivity contribution < 1.29 is 4.74 Å². The van der Waals surface area contributed by atoms with Crippen molar-refractivity contribution in [3.8, 4) is 5.75 Å².